The minimum Gasteiger partial charge on any atom is -0.307 e. The number of pyridine rings is 1. The number of likely N-dealkylation sites (N-methyl/N-ethyl adjacent to an activating group) is 1. The van der Waals surface area contributed by atoms with Crippen molar-refractivity contribution < 1.29 is 0 Å². The molecule has 0 aliphatic heterocycles. The Morgan fingerprint density at radius 3 is 2.75 bits per heavy atom. The third-order valence-corrected chi connectivity index (χ3v) is 3.87. The highest BCUT2D eigenvalue weighted by Crippen LogP contribution is 2.11. The van der Waals surface area contributed by atoms with Gasteiger partial charge in [-0.1, -0.05) is 19.9 Å². The van der Waals surface area contributed by atoms with E-state index in [1.54, 1.807) is 0 Å². The Labute approximate surface area is 121 Å². The van der Waals surface area contributed by atoms with Crippen LogP contribution >= 0.6 is 0 Å². The molecule has 1 N–H and O–H groups in total. The Bertz CT molecular complexity index is 542. The van der Waals surface area contributed by atoms with Crippen molar-refractivity contribution in [3.05, 3.63) is 35.8 Å². The molecule has 2 rings (SSSR count). The Morgan fingerprint density at radius 2 is 2.05 bits per heavy atom. The highest BCUT2D eigenvalue weighted by atomic mass is 15.1. The molecule has 0 saturated heterocycles. The molecule has 1 unspecified atom stereocenters. The second-order valence-electron chi connectivity index (χ2n) is 5.34. The third-order valence-electron chi connectivity index (χ3n) is 3.87. The van der Waals surface area contributed by atoms with Gasteiger partial charge < -0.3 is 14.6 Å². The number of hydrogen-bond donors (Lipinski definition) is 1. The fourth-order valence-electron chi connectivity index (χ4n) is 2.58. The average Bonchev–Trinajstić information content (AvgIpc) is 2.78. The molecule has 0 saturated carbocycles. The number of rotatable bonds is 7. The summed E-state index contributed by atoms with van der Waals surface area (Å²) in [5.74, 6) is 0. The second kappa shape index (κ2) is 6.86. The highest BCUT2D eigenvalue weighted by molar-refractivity contribution is 5.42. The molecular formula is C16H26N4. The van der Waals surface area contributed by atoms with Gasteiger partial charge >= 0.3 is 0 Å². The maximum absolute atomic E-state index is 4.60. The largest absolute Gasteiger partial charge is 0.307 e. The van der Waals surface area contributed by atoms with Crippen molar-refractivity contribution in [3.8, 4) is 0 Å². The molecular weight excluding hydrogens is 248 g/mol. The maximum Gasteiger partial charge on any atom is 0.137 e. The number of aromatic nitrogens is 2. The van der Waals surface area contributed by atoms with E-state index < -0.39 is 0 Å². The topological polar surface area (TPSA) is 32.6 Å². The summed E-state index contributed by atoms with van der Waals surface area (Å²) in [7, 11) is 0. The van der Waals surface area contributed by atoms with Crippen LogP contribution in [0.15, 0.2) is 24.4 Å². The zero-order chi connectivity index (χ0) is 14.5. The molecule has 0 spiro atoms. The van der Waals surface area contributed by atoms with E-state index in [4.69, 9.17) is 0 Å². The smallest absolute Gasteiger partial charge is 0.137 e. The summed E-state index contributed by atoms with van der Waals surface area (Å²) in [6.07, 6.45) is 2.08. The van der Waals surface area contributed by atoms with Crippen molar-refractivity contribution >= 4 is 5.65 Å². The van der Waals surface area contributed by atoms with E-state index in [0.717, 1.165) is 37.5 Å². The van der Waals surface area contributed by atoms with Gasteiger partial charge in [0.15, 0.2) is 0 Å². The number of nitrogens with zero attached hydrogens (tertiary/aromatic N) is 3. The first-order chi connectivity index (χ1) is 9.65. The van der Waals surface area contributed by atoms with Crippen molar-refractivity contribution in [2.75, 3.05) is 19.6 Å². The van der Waals surface area contributed by atoms with Crippen LogP contribution in [0.3, 0.4) is 0 Å². The summed E-state index contributed by atoms with van der Waals surface area (Å²) < 4.78 is 2.17. The van der Waals surface area contributed by atoms with Crippen molar-refractivity contribution in [1.82, 2.24) is 19.6 Å². The summed E-state index contributed by atoms with van der Waals surface area (Å²) >= 11 is 0. The first kappa shape index (κ1) is 15.0. The summed E-state index contributed by atoms with van der Waals surface area (Å²) in [6, 6.07) is 6.61. The van der Waals surface area contributed by atoms with Gasteiger partial charge in [-0.25, -0.2) is 4.98 Å². The fourth-order valence-corrected chi connectivity index (χ4v) is 2.58. The number of hydrogen-bond acceptors (Lipinski definition) is 3. The van der Waals surface area contributed by atoms with E-state index >= 15 is 0 Å². The lowest BCUT2D eigenvalue weighted by atomic mass is 10.2. The normalized spacial score (nSPS) is 13.2. The van der Waals surface area contributed by atoms with Crippen LogP contribution in [0.1, 0.15) is 32.2 Å². The van der Waals surface area contributed by atoms with E-state index in [-0.39, 0.29) is 0 Å². The number of nitrogens with one attached hydrogen (secondary N) is 1. The summed E-state index contributed by atoms with van der Waals surface area (Å²) in [5.41, 5.74) is 3.39. The van der Waals surface area contributed by atoms with Crippen molar-refractivity contribution in [3.63, 3.8) is 0 Å². The average molecular weight is 274 g/mol. The predicted octanol–water partition coefficient (Wildman–Crippen LogP) is 2.46. The van der Waals surface area contributed by atoms with Crippen LogP contribution in [0.2, 0.25) is 0 Å². The number of fused-ring (bicyclic) bond motifs is 1. The van der Waals surface area contributed by atoms with Gasteiger partial charge in [0, 0.05) is 25.3 Å². The van der Waals surface area contributed by atoms with Crippen LogP contribution in [0.5, 0.6) is 0 Å². The van der Waals surface area contributed by atoms with Crippen LogP contribution in [0.25, 0.3) is 5.65 Å². The zero-order valence-corrected chi connectivity index (χ0v) is 13.1. The lowest BCUT2D eigenvalue weighted by Crippen LogP contribution is -2.39. The first-order valence-corrected chi connectivity index (χ1v) is 7.54. The molecule has 0 aliphatic carbocycles. The number of aryl methyl sites for hydroxylation is 1. The summed E-state index contributed by atoms with van der Waals surface area (Å²) in [6.45, 7) is 12.9. The van der Waals surface area contributed by atoms with Crippen molar-refractivity contribution in [2.45, 2.75) is 40.3 Å². The van der Waals surface area contributed by atoms with E-state index in [0.29, 0.717) is 6.04 Å². The molecule has 0 aromatic carbocycles. The first-order valence-electron chi connectivity index (χ1n) is 7.54. The van der Waals surface area contributed by atoms with E-state index in [1.165, 1.54) is 5.69 Å². The van der Waals surface area contributed by atoms with Crippen molar-refractivity contribution in [2.24, 2.45) is 0 Å². The van der Waals surface area contributed by atoms with Gasteiger partial charge in [-0.2, -0.15) is 0 Å². The minimum absolute atomic E-state index is 0.476. The van der Waals surface area contributed by atoms with Gasteiger partial charge in [0.2, 0.25) is 0 Å². The van der Waals surface area contributed by atoms with Crippen LogP contribution in [-0.4, -0.2) is 40.0 Å². The van der Waals surface area contributed by atoms with E-state index in [1.807, 2.05) is 6.07 Å². The lowest BCUT2D eigenvalue weighted by molar-refractivity contribution is 0.270. The van der Waals surface area contributed by atoms with Gasteiger partial charge in [0.05, 0.1) is 11.4 Å². The molecule has 2 aromatic rings. The molecule has 0 fully saturated rings. The highest BCUT2D eigenvalue weighted by Gasteiger charge is 2.11. The van der Waals surface area contributed by atoms with E-state index in [9.17, 15) is 0 Å². The third kappa shape index (κ3) is 3.38. The lowest BCUT2D eigenvalue weighted by Gasteiger charge is -2.23. The van der Waals surface area contributed by atoms with Gasteiger partial charge in [-0.3, -0.25) is 0 Å². The quantitative estimate of drug-likeness (QED) is 0.842. The molecule has 20 heavy (non-hydrogen) atoms. The SMILES string of the molecule is CCN(CC)CC(C)NCc1c(C)nc2ccccn12. The molecule has 110 valence electrons. The zero-order valence-electron chi connectivity index (χ0n) is 13.1. The molecule has 0 aliphatic rings. The van der Waals surface area contributed by atoms with Crippen LogP contribution < -0.4 is 5.32 Å². The Morgan fingerprint density at radius 1 is 1.30 bits per heavy atom. The van der Waals surface area contributed by atoms with Crippen LogP contribution in [0, 0.1) is 6.92 Å². The molecule has 2 aromatic heterocycles. The van der Waals surface area contributed by atoms with E-state index in [2.05, 4.69) is 65.6 Å². The number of imidazole rings is 1. The molecule has 0 amide bonds. The maximum atomic E-state index is 4.60. The van der Waals surface area contributed by atoms with Crippen LogP contribution in [-0.2, 0) is 6.54 Å². The Hall–Kier alpha value is -1.39. The molecule has 1 atom stereocenters. The Kier molecular flexibility index (Phi) is 5.15. The molecule has 4 heteroatoms. The van der Waals surface area contributed by atoms with Gasteiger partial charge in [-0.15, -0.1) is 0 Å². The molecule has 0 radical (unpaired) electrons. The van der Waals surface area contributed by atoms with Gasteiger partial charge in [0.25, 0.3) is 0 Å². The molecule has 2 heterocycles. The standard InChI is InChI=1S/C16H26N4/c1-5-19(6-2)12-13(3)17-11-15-14(4)18-16-9-7-8-10-20(15)16/h7-10,13,17H,5-6,11-12H2,1-4H3. The monoisotopic (exact) mass is 274 g/mol. The summed E-state index contributed by atoms with van der Waals surface area (Å²) in [5, 5.41) is 3.61. The summed E-state index contributed by atoms with van der Waals surface area (Å²) in [4.78, 5) is 7.04. The van der Waals surface area contributed by atoms with Gasteiger partial charge in [0.1, 0.15) is 5.65 Å². The minimum atomic E-state index is 0.476. The molecule has 0 bridgehead atoms. The van der Waals surface area contributed by atoms with Crippen LogP contribution in [0.4, 0.5) is 0 Å². The molecule has 4 nitrogen and oxygen atoms in total. The predicted molar refractivity (Wildman–Crippen MR) is 84.0 cm³/mol. The fraction of sp³-hybridized carbons (Fsp3) is 0.562. The van der Waals surface area contributed by atoms with Crippen molar-refractivity contribution in [1.29, 1.82) is 0 Å². The second-order valence-corrected chi connectivity index (χ2v) is 5.34. The van der Waals surface area contributed by atoms with Gasteiger partial charge in [-0.05, 0) is 39.1 Å². The Balaban J connectivity index is 2.00.